The third-order valence-corrected chi connectivity index (χ3v) is 5.55. The van der Waals surface area contributed by atoms with E-state index in [4.69, 9.17) is 4.18 Å². The number of rotatable bonds is 9. The molecule has 0 N–H and O–H groups in total. The molecule has 0 atom stereocenters. The van der Waals surface area contributed by atoms with Crippen LogP contribution in [0.15, 0.2) is 42.5 Å². The molecule has 0 aliphatic rings. The van der Waals surface area contributed by atoms with Gasteiger partial charge in [0.1, 0.15) is 5.75 Å². The monoisotopic (exact) mass is 434 g/mol. The van der Waals surface area contributed by atoms with Crippen molar-refractivity contribution >= 4 is 21.7 Å². The van der Waals surface area contributed by atoms with Crippen molar-refractivity contribution in [2.45, 2.75) is 34.2 Å². The number of nitro benzene ring substituents is 1. The summed E-state index contributed by atoms with van der Waals surface area (Å²) in [6.07, 6.45) is 0. The van der Waals surface area contributed by atoms with Gasteiger partial charge in [0.25, 0.3) is 11.6 Å². The fourth-order valence-corrected chi connectivity index (χ4v) is 3.38. The molecule has 0 spiro atoms. The predicted molar refractivity (Wildman–Crippen MR) is 114 cm³/mol. The van der Waals surface area contributed by atoms with Crippen LogP contribution in [-0.4, -0.2) is 36.4 Å². The van der Waals surface area contributed by atoms with Gasteiger partial charge in [-0.3, -0.25) is 14.9 Å². The van der Waals surface area contributed by atoms with Crippen molar-refractivity contribution in [2.75, 3.05) is 12.3 Å². The molecular formula is C21H26N2O6S. The van der Waals surface area contributed by atoms with Gasteiger partial charge < -0.3 is 9.08 Å². The van der Waals surface area contributed by atoms with E-state index in [2.05, 4.69) is 0 Å². The fourth-order valence-electron chi connectivity index (χ4n) is 2.86. The largest absolute Gasteiger partial charge is 0.382 e. The molecule has 0 heterocycles. The summed E-state index contributed by atoms with van der Waals surface area (Å²) in [6, 6.07) is 10.9. The minimum absolute atomic E-state index is 0.0935. The Kier molecular flexibility index (Phi) is 7.55. The maximum atomic E-state index is 13.1. The van der Waals surface area contributed by atoms with Crippen molar-refractivity contribution in [1.82, 2.24) is 4.90 Å². The fraction of sp³-hybridized carbons (Fsp3) is 0.381. The van der Waals surface area contributed by atoms with Crippen LogP contribution in [0.5, 0.6) is 5.75 Å². The zero-order chi connectivity index (χ0) is 22.5. The Hall–Kier alpha value is -2.94. The van der Waals surface area contributed by atoms with Crippen LogP contribution in [0.3, 0.4) is 0 Å². The second-order valence-electron chi connectivity index (χ2n) is 7.41. The highest BCUT2D eigenvalue weighted by Gasteiger charge is 2.21. The topological polar surface area (TPSA) is 107 Å². The number of hydrogen-bond acceptors (Lipinski definition) is 6. The number of amides is 1. The number of benzene rings is 2. The molecule has 0 fully saturated rings. The standard InChI is InChI=1S/C21H26N2O6S/c1-5-30(27,28)29-19-10-7-17(8-11-19)14-22(13-15(2)3)21(24)18-9-6-16(4)20(12-18)23(25)26/h6-12,15H,5,13-14H2,1-4H3. The van der Waals surface area contributed by atoms with Crippen LogP contribution in [0.25, 0.3) is 0 Å². The molecule has 0 unspecified atom stereocenters. The Labute approximate surface area is 176 Å². The number of nitro groups is 1. The lowest BCUT2D eigenvalue weighted by molar-refractivity contribution is -0.385. The van der Waals surface area contributed by atoms with E-state index in [1.165, 1.54) is 25.1 Å². The number of carbonyl (C=O) groups is 1. The average molecular weight is 435 g/mol. The minimum atomic E-state index is -3.61. The molecule has 1 amide bonds. The summed E-state index contributed by atoms with van der Waals surface area (Å²) in [5.74, 6) is -0.0439. The lowest BCUT2D eigenvalue weighted by Gasteiger charge is -2.25. The van der Waals surface area contributed by atoms with Crippen molar-refractivity contribution in [1.29, 1.82) is 0 Å². The maximum absolute atomic E-state index is 13.1. The molecule has 0 radical (unpaired) electrons. The van der Waals surface area contributed by atoms with Gasteiger partial charge in [0, 0.05) is 30.3 Å². The highest BCUT2D eigenvalue weighted by atomic mass is 32.2. The van der Waals surface area contributed by atoms with Gasteiger partial charge in [-0.1, -0.05) is 32.0 Å². The second-order valence-corrected chi connectivity index (χ2v) is 9.27. The Morgan fingerprint density at radius 2 is 1.80 bits per heavy atom. The lowest BCUT2D eigenvalue weighted by atomic mass is 10.1. The van der Waals surface area contributed by atoms with Gasteiger partial charge in [-0.25, -0.2) is 0 Å². The van der Waals surface area contributed by atoms with E-state index in [1.54, 1.807) is 36.1 Å². The molecule has 2 aromatic rings. The molecule has 0 bridgehead atoms. The molecule has 0 aliphatic carbocycles. The summed E-state index contributed by atoms with van der Waals surface area (Å²) < 4.78 is 28.1. The van der Waals surface area contributed by atoms with Crippen molar-refractivity contribution in [3.63, 3.8) is 0 Å². The van der Waals surface area contributed by atoms with E-state index < -0.39 is 15.0 Å². The van der Waals surface area contributed by atoms with Crippen molar-refractivity contribution < 1.29 is 22.3 Å². The van der Waals surface area contributed by atoms with E-state index in [0.29, 0.717) is 12.1 Å². The van der Waals surface area contributed by atoms with Crippen LogP contribution in [0.2, 0.25) is 0 Å². The molecule has 9 heteroatoms. The SMILES string of the molecule is CCS(=O)(=O)Oc1ccc(CN(CC(C)C)C(=O)c2ccc(C)c([N+](=O)[O-])c2)cc1. The smallest absolute Gasteiger partial charge is 0.308 e. The number of carbonyl (C=O) groups excluding carboxylic acids is 1. The highest BCUT2D eigenvalue weighted by molar-refractivity contribution is 7.87. The van der Waals surface area contributed by atoms with E-state index in [9.17, 15) is 23.3 Å². The predicted octanol–water partition coefficient (Wildman–Crippen LogP) is 3.93. The molecule has 0 aromatic heterocycles. The van der Waals surface area contributed by atoms with Crippen LogP contribution in [-0.2, 0) is 16.7 Å². The maximum Gasteiger partial charge on any atom is 0.308 e. The molecule has 2 rings (SSSR count). The zero-order valence-corrected chi connectivity index (χ0v) is 18.3. The first-order valence-corrected chi connectivity index (χ1v) is 11.2. The van der Waals surface area contributed by atoms with Gasteiger partial charge >= 0.3 is 10.1 Å². The first-order valence-electron chi connectivity index (χ1n) is 9.57. The van der Waals surface area contributed by atoms with Crippen molar-refractivity contribution in [2.24, 2.45) is 5.92 Å². The molecule has 162 valence electrons. The van der Waals surface area contributed by atoms with Crippen molar-refractivity contribution in [3.8, 4) is 5.75 Å². The second kappa shape index (κ2) is 9.71. The first kappa shape index (κ1) is 23.3. The Bertz CT molecular complexity index is 1020. The first-order chi connectivity index (χ1) is 14.0. The average Bonchev–Trinajstić information content (AvgIpc) is 2.68. The summed E-state index contributed by atoms with van der Waals surface area (Å²) in [7, 11) is -3.61. The van der Waals surface area contributed by atoms with Crippen LogP contribution in [0, 0.1) is 23.0 Å². The molecular weight excluding hydrogens is 408 g/mol. The number of nitrogens with zero attached hydrogens (tertiary/aromatic N) is 2. The molecule has 0 saturated carbocycles. The van der Waals surface area contributed by atoms with Gasteiger partial charge in [0.15, 0.2) is 0 Å². The molecule has 0 saturated heterocycles. The van der Waals surface area contributed by atoms with E-state index in [1.807, 2.05) is 13.8 Å². The molecule has 30 heavy (non-hydrogen) atoms. The van der Waals surface area contributed by atoms with Gasteiger partial charge in [-0.05, 0) is 43.5 Å². The minimum Gasteiger partial charge on any atom is -0.382 e. The third kappa shape index (κ3) is 6.28. The normalized spacial score (nSPS) is 11.4. The van der Waals surface area contributed by atoms with E-state index >= 15 is 0 Å². The Balaban J connectivity index is 2.25. The van der Waals surface area contributed by atoms with Gasteiger partial charge in [-0.2, -0.15) is 8.42 Å². The number of hydrogen-bond donors (Lipinski definition) is 0. The van der Waals surface area contributed by atoms with Gasteiger partial charge in [-0.15, -0.1) is 0 Å². The van der Waals surface area contributed by atoms with Gasteiger partial charge in [0.05, 0.1) is 10.7 Å². The lowest BCUT2D eigenvalue weighted by Crippen LogP contribution is -2.33. The third-order valence-electron chi connectivity index (χ3n) is 4.40. The van der Waals surface area contributed by atoms with Crippen LogP contribution >= 0.6 is 0 Å². The van der Waals surface area contributed by atoms with Gasteiger partial charge in [0.2, 0.25) is 0 Å². The summed E-state index contributed by atoms with van der Waals surface area (Å²) in [4.78, 5) is 25.4. The van der Waals surface area contributed by atoms with Crippen LogP contribution < -0.4 is 4.18 Å². The van der Waals surface area contributed by atoms with E-state index in [0.717, 1.165) is 5.56 Å². The highest BCUT2D eigenvalue weighted by Crippen LogP contribution is 2.22. The molecule has 0 aliphatic heterocycles. The Morgan fingerprint density at radius 1 is 1.17 bits per heavy atom. The summed E-state index contributed by atoms with van der Waals surface area (Å²) in [6.45, 7) is 7.81. The summed E-state index contributed by atoms with van der Waals surface area (Å²) in [5.41, 5.74) is 1.43. The number of aryl methyl sites for hydroxylation is 1. The molecule has 2 aromatic carbocycles. The van der Waals surface area contributed by atoms with Crippen LogP contribution in [0.4, 0.5) is 5.69 Å². The van der Waals surface area contributed by atoms with Crippen LogP contribution in [0.1, 0.15) is 42.3 Å². The molecule has 8 nitrogen and oxygen atoms in total. The van der Waals surface area contributed by atoms with Crippen molar-refractivity contribution in [3.05, 3.63) is 69.3 Å². The summed E-state index contributed by atoms with van der Waals surface area (Å²) in [5, 5.41) is 11.2. The summed E-state index contributed by atoms with van der Waals surface area (Å²) >= 11 is 0. The Morgan fingerprint density at radius 3 is 2.33 bits per heavy atom. The zero-order valence-electron chi connectivity index (χ0n) is 17.5. The quantitative estimate of drug-likeness (QED) is 0.336. The van der Waals surface area contributed by atoms with E-state index in [-0.39, 0.29) is 41.1 Å².